The number of aryl methyl sites for hydroxylation is 1. The molecular formula is C11H12N2O2S. The molecule has 1 atom stereocenters. The molecule has 0 aliphatic heterocycles. The van der Waals surface area contributed by atoms with Crippen LogP contribution in [0.15, 0.2) is 9.59 Å². The minimum Gasteiger partial charge on any atom is -0.298 e. The van der Waals surface area contributed by atoms with Gasteiger partial charge in [-0.2, -0.15) is 0 Å². The lowest BCUT2D eigenvalue weighted by molar-refractivity contribution is 0.509. The molecule has 0 saturated carbocycles. The molecule has 0 saturated heterocycles. The number of thiophene rings is 1. The molecule has 0 radical (unpaired) electrons. The van der Waals surface area contributed by atoms with Crippen LogP contribution in [0, 0.1) is 5.92 Å². The summed E-state index contributed by atoms with van der Waals surface area (Å²) in [5.41, 5.74) is 0.491. The van der Waals surface area contributed by atoms with Crippen molar-refractivity contribution in [2.75, 3.05) is 0 Å². The lowest BCUT2D eigenvalue weighted by Crippen LogP contribution is -2.22. The standard InChI is InChI=1S/C11H12N2O2S/c1-5-2-3-6-7(4-5)16-10-8(6)9(14)12-11(15)13-10/h5H,2-4H2,1H3,(H2,12,13,14,15)/t5-/m0/s1. The fraction of sp³-hybridized carbons (Fsp3) is 0.455. The van der Waals surface area contributed by atoms with Crippen LogP contribution in [0.2, 0.25) is 0 Å². The molecule has 16 heavy (non-hydrogen) atoms. The van der Waals surface area contributed by atoms with E-state index < -0.39 is 5.69 Å². The Labute approximate surface area is 95.3 Å². The van der Waals surface area contributed by atoms with E-state index in [2.05, 4.69) is 16.9 Å². The molecule has 2 aromatic heterocycles. The van der Waals surface area contributed by atoms with Crippen LogP contribution in [0.4, 0.5) is 0 Å². The van der Waals surface area contributed by atoms with E-state index in [0.717, 1.165) is 29.7 Å². The van der Waals surface area contributed by atoms with Crippen molar-refractivity contribution in [3.8, 4) is 0 Å². The normalized spacial score (nSPS) is 19.9. The van der Waals surface area contributed by atoms with Gasteiger partial charge in [0.2, 0.25) is 0 Å². The highest BCUT2D eigenvalue weighted by molar-refractivity contribution is 7.18. The predicted octanol–water partition coefficient (Wildman–Crippen LogP) is 1.40. The summed E-state index contributed by atoms with van der Waals surface area (Å²) in [5, 5.41) is 0.700. The predicted molar refractivity (Wildman–Crippen MR) is 64.3 cm³/mol. The highest BCUT2D eigenvalue weighted by atomic mass is 32.1. The van der Waals surface area contributed by atoms with Gasteiger partial charge in [0.15, 0.2) is 0 Å². The zero-order valence-corrected chi connectivity index (χ0v) is 9.74. The van der Waals surface area contributed by atoms with Gasteiger partial charge in [0.1, 0.15) is 4.83 Å². The molecule has 1 aliphatic carbocycles. The van der Waals surface area contributed by atoms with Gasteiger partial charge in [0, 0.05) is 4.88 Å². The third-order valence-electron chi connectivity index (χ3n) is 3.19. The number of hydrogen-bond donors (Lipinski definition) is 2. The summed E-state index contributed by atoms with van der Waals surface area (Å²) in [6, 6.07) is 0. The monoisotopic (exact) mass is 236 g/mol. The molecule has 0 amide bonds. The van der Waals surface area contributed by atoms with E-state index in [4.69, 9.17) is 0 Å². The number of hydrogen-bond acceptors (Lipinski definition) is 3. The Bertz CT molecular complexity index is 665. The van der Waals surface area contributed by atoms with E-state index in [-0.39, 0.29) is 5.56 Å². The first-order chi connectivity index (χ1) is 7.65. The molecule has 4 nitrogen and oxygen atoms in total. The van der Waals surface area contributed by atoms with Crippen LogP contribution in [0.5, 0.6) is 0 Å². The van der Waals surface area contributed by atoms with Crippen molar-refractivity contribution in [3.05, 3.63) is 31.3 Å². The highest BCUT2D eigenvalue weighted by Crippen LogP contribution is 2.34. The van der Waals surface area contributed by atoms with Gasteiger partial charge in [-0.15, -0.1) is 11.3 Å². The zero-order chi connectivity index (χ0) is 11.3. The third-order valence-corrected chi connectivity index (χ3v) is 4.36. The number of H-pyrrole nitrogens is 2. The second-order valence-corrected chi connectivity index (χ2v) is 5.57. The summed E-state index contributed by atoms with van der Waals surface area (Å²) < 4.78 is 0. The van der Waals surface area contributed by atoms with Crippen LogP contribution < -0.4 is 11.2 Å². The number of rotatable bonds is 0. The SMILES string of the molecule is C[C@H]1CCc2c(sc3[nH]c(=O)[nH]c(=O)c23)C1. The largest absolute Gasteiger partial charge is 0.326 e. The van der Waals surface area contributed by atoms with Gasteiger partial charge in [0.05, 0.1) is 5.39 Å². The Morgan fingerprint density at radius 2 is 2.12 bits per heavy atom. The quantitative estimate of drug-likeness (QED) is 0.726. The van der Waals surface area contributed by atoms with Crippen molar-refractivity contribution in [1.29, 1.82) is 0 Å². The van der Waals surface area contributed by atoms with Gasteiger partial charge in [-0.1, -0.05) is 6.92 Å². The molecule has 5 heteroatoms. The summed E-state index contributed by atoms with van der Waals surface area (Å²) in [4.78, 5) is 29.9. The Balaban J connectivity index is 2.38. The molecule has 0 unspecified atom stereocenters. The second-order valence-electron chi connectivity index (χ2n) is 4.46. The summed E-state index contributed by atoms with van der Waals surface area (Å²) in [5.74, 6) is 0.673. The van der Waals surface area contributed by atoms with Crippen molar-refractivity contribution in [2.45, 2.75) is 26.2 Å². The topological polar surface area (TPSA) is 65.7 Å². The molecule has 0 aromatic carbocycles. The fourth-order valence-electron chi connectivity index (χ4n) is 2.38. The van der Waals surface area contributed by atoms with Crippen molar-refractivity contribution in [2.24, 2.45) is 5.92 Å². The first-order valence-electron chi connectivity index (χ1n) is 5.42. The zero-order valence-electron chi connectivity index (χ0n) is 8.92. The smallest absolute Gasteiger partial charge is 0.298 e. The van der Waals surface area contributed by atoms with Crippen LogP contribution >= 0.6 is 11.3 Å². The van der Waals surface area contributed by atoms with Crippen molar-refractivity contribution in [1.82, 2.24) is 9.97 Å². The van der Waals surface area contributed by atoms with Crippen LogP contribution in [0.3, 0.4) is 0 Å². The lowest BCUT2D eigenvalue weighted by Gasteiger charge is -2.17. The molecule has 2 N–H and O–H groups in total. The maximum Gasteiger partial charge on any atom is 0.326 e. The summed E-state index contributed by atoms with van der Waals surface area (Å²) in [7, 11) is 0. The highest BCUT2D eigenvalue weighted by Gasteiger charge is 2.22. The molecule has 2 aromatic rings. The lowest BCUT2D eigenvalue weighted by atomic mass is 9.89. The van der Waals surface area contributed by atoms with Gasteiger partial charge >= 0.3 is 5.69 Å². The molecule has 0 spiro atoms. The van der Waals surface area contributed by atoms with E-state index in [1.165, 1.54) is 4.88 Å². The van der Waals surface area contributed by atoms with Gasteiger partial charge in [0.25, 0.3) is 5.56 Å². The van der Waals surface area contributed by atoms with Crippen LogP contribution in [-0.2, 0) is 12.8 Å². The van der Waals surface area contributed by atoms with Gasteiger partial charge in [-0.05, 0) is 30.7 Å². The summed E-state index contributed by atoms with van der Waals surface area (Å²) >= 11 is 1.56. The molecular weight excluding hydrogens is 224 g/mol. The van der Waals surface area contributed by atoms with Crippen LogP contribution in [0.1, 0.15) is 23.8 Å². The fourth-order valence-corrected chi connectivity index (χ4v) is 3.78. The van der Waals surface area contributed by atoms with E-state index in [1.807, 2.05) is 0 Å². The van der Waals surface area contributed by atoms with Crippen LogP contribution in [-0.4, -0.2) is 9.97 Å². The molecule has 84 valence electrons. The molecule has 2 heterocycles. The maximum atomic E-state index is 11.7. The Hall–Kier alpha value is -1.36. The second kappa shape index (κ2) is 3.31. The van der Waals surface area contributed by atoms with Crippen LogP contribution in [0.25, 0.3) is 10.2 Å². The van der Waals surface area contributed by atoms with Gasteiger partial charge in [-0.3, -0.25) is 14.8 Å². The van der Waals surface area contributed by atoms with Crippen molar-refractivity contribution in [3.63, 3.8) is 0 Å². The first-order valence-corrected chi connectivity index (χ1v) is 6.23. The van der Waals surface area contributed by atoms with Crippen molar-refractivity contribution < 1.29 is 0 Å². The Kier molecular flexibility index (Phi) is 2.04. The van der Waals surface area contributed by atoms with Gasteiger partial charge in [-0.25, -0.2) is 4.79 Å². The minimum absolute atomic E-state index is 0.245. The average molecular weight is 236 g/mol. The van der Waals surface area contributed by atoms with E-state index in [1.54, 1.807) is 11.3 Å². The molecule has 1 aliphatic rings. The van der Waals surface area contributed by atoms with Crippen molar-refractivity contribution >= 4 is 21.6 Å². The van der Waals surface area contributed by atoms with E-state index in [0.29, 0.717) is 11.3 Å². The average Bonchev–Trinajstić information content (AvgIpc) is 2.54. The Morgan fingerprint density at radius 3 is 2.94 bits per heavy atom. The minimum atomic E-state index is -0.413. The van der Waals surface area contributed by atoms with E-state index >= 15 is 0 Å². The number of fused-ring (bicyclic) bond motifs is 3. The Morgan fingerprint density at radius 1 is 1.31 bits per heavy atom. The first kappa shape index (κ1) is 9.84. The molecule has 3 rings (SSSR count). The number of aromatic amines is 2. The molecule has 0 fully saturated rings. The number of nitrogens with one attached hydrogen (secondary N) is 2. The summed E-state index contributed by atoms with van der Waals surface area (Å²) in [6.07, 6.45) is 3.10. The van der Waals surface area contributed by atoms with Gasteiger partial charge < -0.3 is 0 Å². The van der Waals surface area contributed by atoms with E-state index in [9.17, 15) is 9.59 Å². The number of aromatic nitrogens is 2. The third kappa shape index (κ3) is 1.35. The molecule has 0 bridgehead atoms. The summed E-state index contributed by atoms with van der Waals surface area (Å²) in [6.45, 7) is 2.22. The maximum absolute atomic E-state index is 11.7.